The van der Waals surface area contributed by atoms with Crippen LogP contribution in [-0.4, -0.2) is 19.9 Å². The van der Waals surface area contributed by atoms with Gasteiger partial charge in [0.25, 0.3) is 0 Å². The maximum atomic E-state index is 9.68. The molecular formula is C12H15N3OS. The zero-order valence-corrected chi connectivity index (χ0v) is 10.9. The van der Waals surface area contributed by atoms with Crippen molar-refractivity contribution in [1.29, 1.82) is 0 Å². The van der Waals surface area contributed by atoms with Crippen molar-refractivity contribution in [1.82, 2.24) is 14.8 Å². The third kappa shape index (κ3) is 2.68. The molecule has 0 bridgehead atoms. The molecule has 0 saturated carbocycles. The average Bonchev–Trinajstić information content (AvgIpc) is 2.58. The van der Waals surface area contributed by atoms with E-state index in [9.17, 15) is 5.11 Å². The lowest BCUT2D eigenvalue weighted by molar-refractivity contribution is 0.195. The summed E-state index contributed by atoms with van der Waals surface area (Å²) < 4.78 is 1.82. The van der Waals surface area contributed by atoms with Gasteiger partial charge in [0.15, 0.2) is 0 Å². The Morgan fingerprint density at radius 3 is 2.82 bits per heavy atom. The summed E-state index contributed by atoms with van der Waals surface area (Å²) in [7, 11) is 1.90. The van der Waals surface area contributed by atoms with Gasteiger partial charge in [0.2, 0.25) is 0 Å². The summed E-state index contributed by atoms with van der Waals surface area (Å²) >= 11 is 1.52. The van der Waals surface area contributed by atoms with Crippen molar-refractivity contribution < 1.29 is 5.11 Å². The van der Waals surface area contributed by atoms with Crippen molar-refractivity contribution >= 4 is 11.8 Å². The Balaban J connectivity index is 2.33. The molecule has 2 rings (SSSR count). The van der Waals surface area contributed by atoms with Crippen LogP contribution in [0.2, 0.25) is 0 Å². The van der Waals surface area contributed by atoms with Crippen LogP contribution in [0, 0.1) is 6.92 Å². The van der Waals surface area contributed by atoms with Gasteiger partial charge in [-0.2, -0.15) is 5.10 Å². The van der Waals surface area contributed by atoms with Crippen molar-refractivity contribution in [3.05, 3.63) is 35.7 Å². The quantitative estimate of drug-likeness (QED) is 0.907. The van der Waals surface area contributed by atoms with E-state index in [2.05, 4.69) is 10.1 Å². The molecule has 0 aliphatic carbocycles. The number of pyridine rings is 1. The van der Waals surface area contributed by atoms with E-state index in [-0.39, 0.29) is 0 Å². The lowest BCUT2D eigenvalue weighted by Gasteiger charge is -2.09. The predicted molar refractivity (Wildman–Crippen MR) is 66.9 cm³/mol. The molecule has 1 atom stereocenters. The fourth-order valence-electron chi connectivity index (χ4n) is 1.59. The van der Waals surface area contributed by atoms with Crippen LogP contribution in [0.5, 0.6) is 0 Å². The topological polar surface area (TPSA) is 50.9 Å². The van der Waals surface area contributed by atoms with Crippen molar-refractivity contribution in [3.8, 4) is 0 Å². The fraction of sp³-hybridized carbons (Fsp3) is 0.333. The van der Waals surface area contributed by atoms with Crippen molar-refractivity contribution in [2.24, 2.45) is 7.05 Å². The number of nitrogens with zero attached hydrogens (tertiary/aromatic N) is 3. The Morgan fingerprint density at radius 1 is 1.47 bits per heavy atom. The predicted octanol–water partition coefficient (Wildman–Crippen LogP) is 2.33. The van der Waals surface area contributed by atoms with Crippen LogP contribution in [0.15, 0.2) is 34.4 Å². The molecule has 5 heteroatoms. The van der Waals surface area contributed by atoms with Crippen molar-refractivity contribution in [2.75, 3.05) is 0 Å². The molecule has 0 aromatic carbocycles. The van der Waals surface area contributed by atoms with E-state index >= 15 is 0 Å². The zero-order valence-electron chi connectivity index (χ0n) is 10.1. The Hall–Kier alpha value is -1.33. The van der Waals surface area contributed by atoms with Gasteiger partial charge in [-0.1, -0.05) is 17.8 Å². The maximum Gasteiger partial charge on any atom is 0.108 e. The summed E-state index contributed by atoms with van der Waals surface area (Å²) in [5, 5.41) is 15.8. The monoisotopic (exact) mass is 249 g/mol. The van der Waals surface area contributed by atoms with Gasteiger partial charge in [0, 0.05) is 18.8 Å². The first-order chi connectivity index (χ1) is 8.08. The van der Waals surface area contributed by atoms with Crippen LogP contribution in [-0.2, 0) is 7.05 Å². The molecule has 2 aromatic rings. The van der Waals surface area contributed by atoms with Gasteiger partial charge in [-0.3, -0.25) is 4.68 Å². The summed E-state index contributed by atoms with van der Waals surface area (Å²) in [6, 6.07) is 5.73. The molecule has 2 aromatic heterocycles. The van der Waals surface area contributed by atoms with Gasteiger partial charge >= 0.3 is 0 Å². The lowest BCUT2D eigenvalue weighted by Crippen LogP contribution is -1.98. The molecule has 17 heavy (non-hydrogen) atoms. The van der Waals surface area contributed by atoms with Gasteiger partial charge in [0.1, 0.15) is 10.1 Å². The first-order valence-electron chi connectivity index (χ1n) is 5.39. The smallest absolute Gasteiger partial charge is 0.108 e. The first-order valence-corrected chi connectivity index (χ1v) is 6.21. The Bertz CT molecular complexity index is 522. The summed E-state index contributed by atoms with van der Waals surface area (Å²) in [5.74, 6) is 0. The Kier molecular flexibility index (Phi) is 3.49. The average molecular weight is 249 g/mol. The highest BCUT2D eigenvalue weighted by Crippen LogP contribution is 2.31. The number of aliphatic hydroxyl groups excluding tert-OH is 1. The fourth-order valence-corrected chi connectivity index (χ4v) is 2.66. The molecule has 1 N–H and O–H groups in total. The SMILES string of the molecule is Cc1cc(Sc2ncccc2C(C)O)n(C)n1. The van der Waals surface area contributed by atoms with Crippen LogP contribution in [0.1, 0.15) is 24.3 Å². The standard InChI is InChI=1S/C12H15N3OS/c1-8-7-11(15(3)14-8)17-12-10(9(2)16)5-4-6-13-12/h4-7,9,16H,1-3H3. The van der Waals surface area contributed by atoms with E-state index in [0.29, 0.717) is 0 Å². The van der Waals surface area contributed by atoms with E-state index < -0.39 is 6.10 Å². The van der Waals surface area contributed by atoms with Crippen molar-refractivity contribution in [3.63, 3.8) is 0 Å². The molecule has 0 radical (unpaired) electrons. The summed E-state index contributed by atoms with van der Waals surface area (Å²) in [6.45, 7) is 3.70. The number of aliphatic hydroxyl groups is 1. The molecule has 0 aliphatic rings. The number of hydrogen-bond donors (Lipinski definition) is 1. The van der Waals surface area contributed by atoms with Gasteiger partial charge in [-0.15, -0.1) is 0 Å². The third-order valence-electron chi connectivity index (χ3n) is 2.41. The van der Waals surface area contributed by atoms with Crippen LogP contribution in [0.3, 0.4) is 0 Å². The number of rotatable bonds is 3. The molecule has 0 fully saturated rings. The van der Waals surface area contributed by atoms with Crippen LogP contribution in [0.25, 0.3) is 0 Å². The molecule has 1 unspecified atom stereocenters. The molecular weight excluding hydrogens is 234 g/mol. The molecule has 0 amide bonds. The molecule has 4 nitrogen and oxygen atoms in total. The van der Waals surface area contributed by atoms with Gasteiger partial charge in [-0.25, -0.2) is 4.98 Å². The summed E-state index contributed by atoms with van der Waals surface area (Å²) in [6.07, 6.45) is 1.22. The maximum absolute atomic E-state index is 9.68. The Morgan fingerprint density at radius 2 is 2.24 bits per heavy atom. The molecule has 90 valence electrons. The highest BCUT2D eigenvalue weighted by molar-refractivity contribution is 7.99. The van der Waals surface area contributed by atoms with E-state index in [1.807, 2.05) is 36.9 Å². The molecule has 0 aliphatic heterocycles. The van der Waals surface area contributed by atoms with Gasteiger partial charge in [-0.05, 0) is 26.0 Å². The normalized spacial score (nSPS) is 12.7. The van der Waals surface area contributed by atoms with E-state index in [1.54, 1.807) is 13.1 Å². The highest BCUT2D eigenvalue weighted by atomic mass is 32.2. The third-order valence-corrected chi connectivity index (χ3v) is 3.54. The van der Waals surface area contributed by atoms with Crippen LogP contribution >= 0.6 is 11.8 Å². The van der Waals surface area contributed by atoms with E-state index in [4.69, 9.17) is 0 Å². The number of aryl methyl sites for hydroxylation is 2. The summed E-state index contributed by atoms with van der Waals surface area (Å²) in [5.41, 5.74) is 1.82. The lowest BCUT2D eigenvalue weighted by atomic mass is 10.2. The number of hydrogen-bond acceptors (Lipinski definition) is 4. The minimum absolute atomic E-state index is 0.513. The van der Waals surface area contributed by atoms with E-state index in [0.717, 1.165) is 21.3 Å². The molecule has 0 saturated heterocycles. The van der Waals surface area contributed by atoms with Crippen LogP contribution < -0.4 is 0 Å². The minimum atomic E-state index is -0.513. The summed E-state index contributed by atoms with van der Waals surface area (Å²) in [4.78, 5) is 4.31. The van der Waals surface area contributed by atoms with Crippen LogP contribution in [0.4, 0.5) is 0 Å². The largest absolute Gasteiger partial charge is 0.389 e. The van der Waals surface area contributed by atoms with Crippen molar-refractivity contribution in [2.45, 2.75) is 30.0 Å². The Labute approximate surface area is 105 Å². The second kappa shape index (κ2) is 4.89. The number of aromatic nitrogens is 3. The first kappa shape index (κ1) is 12.1. The molecule has 0 spiro atoms. The van der Waals surface area contributed by atoms with E-state index in [1.165, 1.54) is 11.8 Å². The zero-order chi connectivity index (χ0) is 12.4. The van der Waals surface area contributed by atoms with Gasteiger partial charge in [0.05, 0.1) is 11.8 Å². The van der Waals surface area contributed by atoms with Gasteiger partial charge < -0.3 is 5.11 Å². The molecule has 2 heterocycles. The highest BCUT2D eigenvalue weighted by Gasteiger charge is 2.12. The second-order valence-corrected chi connectivity index (χ2v) is 4.93. The minimum Gasteiger partial charge on any atom is -0.389 e. The second-order valence-electron chi connectivity index (χ2n) is 3.92.